The van der Waals surface area contributed by atoms with E-state index in [9.17, 15) is 0 Å². The standard InChI is InChI=1S/C31H20N2O/c1-2-6-22-17-25(10-9-20(22)5-1)21-11-13-26(14-12-21)32-30-16-15-27-28-18-23-7-3-4-8-24(23)19-29(28)34-31(27)33-30/h1-19H,(H,32,33). The van der Waals surface area contributed by atoms with Crippen molar-refractivity contribution in [1.29, 1.82) is 0 Å². The van der Waals surface area contributed by atoms with Crippen molar-refractivity contribution in [2.24, 2.45) is 0 Å². The molecule has 1 N–H and O–H groups in total. The molecule has 160 valence electrons. The molecule has 0 aliphatic heterocycles. The maximum Gasteiger partial charge on any atom is 0.229 e. The SMILES string of the molecule is c1ccc2cc(-c3ccc(Nc4ccc5c(n4)oc4cc6ccccc6cc45)cc3)ccc2c1. The van der Waals surface area contributed by atoms with Gasteiger partial charge in [-0.2, -0.15) is 4.98 Å². The molecule has 34 heavy (non-hydrogen) atoms. The van der Waals surface area contributed by atoms with Crippen LogP contribution >= 0.6 is 0 Å². The smallest absolute Gasteiger partial charge is 0.229 e. The largest absolute Gasteiger partial charge is 0.438 e. The van der Waals surface area contributed by atoms with E-state index < -0.39 is 0 Å². The number of anilines is 2. The van der Waals surface area contributed by atoms with Crippen LogP contribution in [-0.2, 0) is 0 Å². The molecule has 0 radical (unpaired) electrons. The molecule has 0 atom stereocenters. The lowest BCUT2D eigenvalue weighted by molar-refractivity contribution is 0.655. The first kappa shape index (κ1) is 18.9. The molecule has 5 aromatic carbocycles. The van der Waals surface area contributed by atoms with Gasteiger partial charge in [0.25, 0.3) is 0 Å². The van der Waals surface area contributed by atoms with Crippen molar-refractivity contribution in [2.75, 3.05) is 5.32 Å². The Kier molecular flexibility index (Phi) is 4.15. The van der Waals surface area contributed by atoms with Gasteiger partial charge >= 0.3 is 0 Å². The van der Waals surface area contributed by atoms with Gasteiger partial charge in [-0.15, -0.1) is 0 Å². The zero-order chi connectivity index (χ0) is 22.5. The van der Waals surface area contributed by atoms with E-state index in [1.807, 2.05) is 12.1 Å². The summed E-state index contributed by atoms with van der Waals surface area (Å²) in [7, 11) is 0. The second-order valence-electron chi connectivity index (χ2n) is 8.61. The van der Waals surface area contributed by atoms with Gasteiger partial charge in [-0.3, -0.25) is 0 Å². The van der Waals surface area contributed by atoms with Gasteiger partial charge in [0.15, 0.2) is 0 Å². The summed E-state index contributed by atoms with van der Waals surface area (Å²) in [4.78, 5) is 4.74. The van der Waals surface area contributed by atoms with E-state index in [1.54, 1.807) is 0 Å². The molecule has 0 spiro atoms. The zero-order valence-electron chi connectivity index (χ0n) is 18.3. The Labute approximate surface area is 196 Å². The summed E-state index contributed by atoms with van der Waals surface area (Å²) in [6.07, 6.45) is 0. The van der Waals surface area contributed by atoms with E-state index >= 15 is 0 Å². The topological polar surface area (TPSA) is 38.1 Å². The molecule has 7 aromatic rings. The van der Waals surface area contributed by atoms with Crippen LogP contribution in [0.15, 0.2) is 120 Å². The molecule has 3 nitrogen and oxygen atoms in total. The van der Waals surface area contributed by atoms with E-state index in [1.165, 1.54) is 32.7 Å². The molecule has 0 aliphatic carbocycles. The van der Waals surface area contributed by atoms with Crippen LogP contribution in [0.5, 0.6) is 0 Å². The number of nitrogens with one attached hydrogen (secondary N) is 1. The number of furan rings is 1. The lowest BCUT2D eigenvalue weighted by Gasteiger charge is -2.08. The summed E-state index contributed by atoms with van der Waals surface area (Å²) >= 11 is 0. The first-order chi connectivity index (χ1) is 16.8. The molecule has 7 rings (SSSR count). The molecule has 2 aromatic heterocycles. The second-order valence-corrected chi connectivity index (χ2v) is 8.61. The third-order valence-corrected chi connectivity index (χ3v) is 6.45. The molecular weight excluding hydrogens is 416 g/mol. The Morgan fingerprint density at radius 1 is 0.529 bits per heavy atom. The quantitative estimate of drug-likeness (QED) is 0.301. The fourth-order valence-electron chi connectivity index (χ4n) is 4.67. The van der Waals surface area contributed by atoms with E-state index in [0.29, 0.717) is 5.71 Å². The average Bonchev–Trinajstić information content (AvgIpc) is 3.24. The molecule has 0 amide bonds. The van der Waals surface area contributed by atoms with Gasteiger partial charge in [-0.25, -0.2) is 0 Å². The first-order valence-electron chi connectivity index (χ1n) is 11.4. The Bertz CT molecular complexity index is 1830. The van der Waals surface area contributed by atoms with Crippen molar-refractivity contribution in [2.45, 2.75) is 0 Å². The van der Waals surface area contributed by atoms with Crippen LogP contribution in [0, 0.1) is 0 Å². The maximum absolute atomic E-state index is 6.10. The highest BCUT2D eigenvalue weighted by molar-refractivity contribution is 6.09. The minimum absolute atomic E-state index is 0.642. The fraction of sp³-hybridized carbons (Fsp3) is 0. The highest BCUT2D eigenvalue weighted by Gasteiger charge is 2.10. The van der Waals surface area contributed by atoms with Gasteiger partial charge in [0, 0.05) is 16.5 Å². The summed E-state index contributed by atoms with van der Waals surface area (Å²) in [6.45, 7) is 0. The van der Waals surface area contributed by atoms with Crippen molar-refractivity contribution in [3.8, 4) is 11.1 Å². The van der Waals surface area contributed by atoms with Crippen molar-refractivity contribution < 1.29 is 4.42 Å². The number of aromatic nitrogens is 1. The van der Waals surface area contributed by atoms with Gasteiger partial charge < -0.3 is 9.73 Å². The number of hydrogen-bond donors (Lipinski definition) is 1. The summed E-state index contributed by atoms with van der Waals surface area (Å²) in [5.41, 5.74) is 4.88. The summed E-state index contributed by atoms with van der Waals surface area (Å²) in [5, 5.41) is 10.4. The molecule has 3 heteroatoms. The number of nitrogens with zero attached hydrogens (tertiary/aromatic N) is 1. The number of benzene rings is 5. The Hall–Kier alpha value is -4.63. The van der Waals surface area contributed by atoms with E-state index in [-0.39, 0.29) is 0 Å². The van der Waals surface area contributed by atoms with Crippen molar-refractivity contribution in [3.63, 3.8) is 0 Å². The highest BCUT2D eigenvalue weighted by Crippen LogP contribution is 2.33. The lowest BCUT2D eigenvalue weighted by Crippen LogP contribution is -1.93. The molecule has 0 bridgehead atoms. The fourth-order valence-corrected chi connectivity index (χ4v) is 4.67. The summed E-state index contributed by atoms with van der Waals surface area (Å²) in [6, 6.07) is 40.1. The molecular formula is C31H20N2O. The molecule has 2 heterocycles. The minimum atomic E-state index is 0.642. The predicted octanol–water partition coefficient (Wildman–Crippen LogP) is 8.70. The van der Waals surface area contributed by atoms with E-state index in [2.05, 4.69) is 108 Å². The van der Waals surface area contributed by atoms with Gasteiger partial charge in [0.1, 0.15) is 11.4 Å². The van der Waals surface area contributed by atoms with Crippen LogP contribution < -0.4 is 5.32 Å². The van der Waals surface area contributed by atoms with Gasteiger partial charge in [0.2, 0.25) is 5.71 Å². The number of hydrogen-bond acceptors (Lipinski definition) is 3. The maximum atomic E-state index is 6.10. The van der Waals surface area contributed by atoms with E-state index in [4.69, 9.17) is 9.40 Å². The zero-order valence-corrected chi connectivity index (χ0v) is 18.3. The van der Waals surface area contributed by atoms with Crippen LogP contribution in [0.2, 0.25) is 0 Å². The minimum Gasteiger partial charge on any atom is -0.438 e. The first-order valence-corrected chi connectivity index (χ1v) is 11.4. The van der Waals surface area contributed by atoms with Crippen LogP contribution in [0.4, 0.5) is 11.5 Å². The molecule has 0 fully saturated rings. The van der Waals surface area contributed by atoms with Crippen molar-refractivity contribution in [1.82, 2.24) is 4.98 Å². The Balaban J connectivity index is 1.19. The summed E-state index contributed by atoms with van der Waals surface area (Å²) in [5.74, 6) is 0.759. The predicted molar refractivity (Wildman–Crippen MR) is 142 cm³/mol. The third kappa shape index (κ3) is 3.18. The molecule has 0 saturated carbocycles. The van der Waals surface area contributed by atoms with Gasteiger partial charge in [-0.05, 0) is 75.1 Å². The third-order valence-electron chi connectivity index (χ3n) is 6.45. The van der Waals surface area contributed by atoms with Crippen LogP contribution in [-0.4, -0.2) is 4.98 Å². The Morgan fingerprint density at radius 2 is 1.21 bits per heavy atom. The van der Waals surface area contributed by atoms with Crippen LogP contribution in [0.1, 0.15) is 0 Å². The number of pyridine rings is 1. The molecule has 0 saturated heterocycles. The van der Waals surface area contributed by atoms with Crippen molar-refractivity contribution in [3.05, 3.63) is 115 Å². The number of fused-ring (bicyclic) bond motifs is 5. The number of rotatable bonds is 3. The van der Waals surface area contributed by atoms with Crippen LogP contribution in [0.25, 0.3) is 54.7 Å². The normalized spacial score (nSPS) is 11.5. The lowest BCUT2D eigenvalue weighted by atomic mass is 10.0. The Morgan fingerprint density at radius 3 is 2.00 bits per heavy atom. The monoisotopic (exact) mass is 436 g/mol. The molecule has 0 unspecified atom stereocenters. The van der Waals surface area contributed by atoms with Crippen molar-refractivity contribution >= 4 is 55.1 Å². The molecule has 0 aliphatic rings. The van der Waals surface area contributed by atoms with Gasteiger partial charge in [0.05, 0.1) is 0 Å². The van der Waals surface area contributed by atoms with E-state index in [0.717, 1.165) is 27.9 Å². The highest BCUT2D eigenvalue weighted by atomic mass is 16.3. The second kappa shape index (κ2) is 7.46. The average molecular weight is 437 g/mol. The van der Waals surface area contributed by atoms with Gasteiger partial charge in [-0.1, -0.05) is 72.8 Å². The van der Waals surface area contributed by atoms with Crippen LogP contribution in [0.3, 0.4) is 0 Å². The summed E-state index contributed by atoms with van der Waals surface area (Å²) < 4.78 is 6.10.